The van der Waals surface area contributed by atoms with Gasteiger partial charge in [0.15, 0.2) is 5.82 Å². The number of nitrogens with one attached hydrogen (secondary N) is 1. The topological polar surface area (TPSA) is 46.1 Å². The number of rotatable bonds is 4. The van der Waals surface area contributed by atoms with Gasteiger partial charge in [-0.2, -0.15) is 4.98 Å². The first-order valence-corrected chi connectivity index (χ1v) is 10.2. The van der Waals surface area contributed by atoms with Gasteiger partial charge < -0.3 is 4.74 Å². The van der Waals surface area contributed by atoms with Gasteiger partial charge in [0.05, 0.1) is 19.3 Å². The molecule has 1 saturated carbocycles. The van der Waals surface area contributed by atoms with Gasteiger partial charge >= 0.3 is 0 Å². The molecule has 2 atom stereocenters. The Kier molecular flexibility index (Phi) is 5.34. The van der Waals surface area contributed by atoms with Crippen LogP contribution in [0.4, 0.5) is 0 Å². The Balaban J connectivity index is 1.59. The van der Waals surface area contributed by atoms with E-state index in [4.69, 9.17) is 28.6 Å². The number of ether oxygens (including phenoxy) is 1. The molecule has 1 aromatic heterocycles. The number of aromatic amines is 1. The molecule has 4 rings (SSSR count). The average molecular weight is 393 g/mol. The maximum atomic E-state index is 6.16. The van der Waals surface area contributed by atoms with E-state index in [2.05, 4.69) is 15.0 Å². The van der Waals surface area contributed by atoms with Gasteiger partial charge in [-0.3, -0.25) is 10.00 Å². The first-order valence-electron chi connectivity index (χ1n) is 9.40. The lowest BCUT2D eigenvalue weighted by molar-refractivity contribution is 0.0324. The SMILES string of the molecule is COc1ccc(Cl)cc1-c1nc(=S)n(CN2CCC[C@H]3CCCC[C@@H]32)[nH]1. The van der Waals surface area contributed by atoms with Crippen LogP contribution < -0.4 is 4.74 Å². The van der Waals surface area contributed by atoms with Crippen LogP contribution >= 0.6 is 23.8 Å². The summed E-state index contributed by atoms with van der Waals surface area (Å²) in [5.41, 5.74) is 0.832. The Hall–Kier alpha value is -1.37. The summed E-state index contributed by atoms with van der Waals surface area (Å²) >= 11 is 11.7. The smallest absolute Gasteiger partial charge is 0.217 e. The van der Waals surface area contributed by atoms with Crippen LogP contribution in [0.15, 0.2) is 18.2 Å². The van der Waals surface area contributed by atoms with Gasteiger partial charge in [-0.15, -0.1) is 0 Å². The van der Waals surface area contributed by atoms with Gasteiger partial charge in [0.25, 0.3) is 0 Å². The summed E-state index contributed by atoms with van der Waals surface area (Å²) in [6.07, 6.45) is 8.06. The lowest BCUT2D eigenvalue weighted by Crippen LogP contribution is -2.47. The number of halogens is 1. The second-order valence-corrected chi connectivity index (χ2v) is 8.14. The van der Waals surface area contributed by atoms with Crippen molar-refractivity contribution in [2.24, 2.45) is 5.92 Å². The third kappa shape index (κ3) is 3.55. The standard InChI is InChI=1S/C19H25ClN4OS/c1-25-17-9-8-14(20)11-15(17)18-21-19(26)24(22-18)12-23-10-4-6-13-5-2-3-7-16(13)23/h8-9,11,13,16H,2-7,10,12H2,1H3,(H,21,22,26)/t13-,16+/m1/s1. The van der Waals surface area contributed by atoms with Crippen molar-refractivity contribution >= 4 is 23.8 Å². The molecule has 2 heterocycles. The predicted octanol–water partition coefficient (Wildman–Crippen LogP) is 4.88. The molecule has 0 spiro atoms. The molecule has 1 aliphatic carbocycles. The molecule has 0 amide bonds. The van der Waals surface area contributed by atoms with Crippen molar-refractivity contribution in [2.45, 2.75) is 51.2 Å². The zero-order valence-electron chi connectivity index (χ0n) is 15.1. The minimum atomic E-state index is 0.569. The van der Waals surface area contributed by atoms with E-state index in [0.717, 1.165) is 30.4 Å². The minimum Gasteiger partial charge on any atom is -0.496 e. The van der Waals surface area contributed by atoms with E-state index in [1.165, 1.54) is 38.5 Å². The molecule has 1 N–H and O–H groups in total. The van der Waals surface area contributed by atoms with Crippen LogP contribution in [0.3, 0.4) is 0 Å². The molecule has 0 unspecified atom stereocenters. The highest BCUT2D eigenvalue weighted by Gasteiger charge is 2.33. The minimum absolute atomic E-state index is 0.569. The fraction of sp³-hybridized carbons (Fsp3) is 0.579. The Morgan fingerprint density at radius 1 is 1.27 bits per heavy atom. The maximum Gasteiger partial charge on any atom is 0.217 e. The van der Waals surface area contributed by atoms with E-state index < -0.39 is 0 Å². The van der Waals surface area contributed by atoms with Gasteiger partial charge in [-0.1, -0.05) is 24.4 Å². The average Bonchev–Trinajstić information content (AvgIpc) is 3.02. The van der Waals surface area contributed by atoms with E-state index in [9.17, 15) is 0 Å². The molecule has 2 aliphatic rings. The van der Waals surface area contributed by atoms with Crippen molar-refractivity contribution in [3.05, 3.63) is 28.0 Å². The van der Waals surface area contributed by atoms with Gasteiger partial charge in [-0.05, 0) is 62.0 Å². The molecular weight excluding hydrogens is 368 g/mol. The third-order valence-electron chi connectivity index (χ3n) is 5.78. The quantitative estimate of drug-likeness (QED) is 0.753. The molecule has 1 aliphatic heterocycles. The molecule has 0 bridgehead atoms. The molecule has 140 valence electrons. The number of piperidine rings is 1. The highest BCUT2D eigenvalue weighted by Crippen LogP contribution is 2.35. The van der Waals surface area contributed by atoms with Crippen LogP contribution in [0, 0.1) is 10.7 Å². The lowest BCUT2D eigenvalue weighted by atomic mass is 9.78. The number of hydrogen-bond acceptors (Lipinski definition) is 4. The maximum absolute atomic E-state index is 6.16. The van der Waals surface area contributed by atoms with Crippen molar-refractivity contribution in [3.8, 4) is 17.1 Å². The summed E-state index contributed by atoms with van der Waals surface area (Å²) < 4.78 is 8.00. The Morgan fingerprint density at radius 3 is 2.92 bits per heavy atom. The van der Waals surface area contributed by atoms with E-state index in [-0.39, 0.29) is 0 Å². The van der Waals surface area contributed by atoms with Gasteiger partial charge in [-0.25, -0.2) is 4.68 Å². The third-order valence-corrected chi connectivity index (χ3v) is 6.32. The normalized spacial score (nSPS) is 23.6. The molecule has 2 aromatic rings. The van der Waals surface area contributed by atoms with Crippen LogP contribution in [0.2, 0.25) is 5.02 Å². The van der Waals surface area contributed by atoms with Crippen LogP contribution in [-0.2, 0) is 6.67 Å². The summed E-state index contributed by atoms with van der Waals surface area (Å²) in [6, 6.07) is 6.21. The van der Waals surface area contributed by atoms with E-state index in [0.29, 0.717) is 21.7 Å². The zero-order chi connectivity index (χ0) is 18.1. The molecule has 26 heavy (non-hydrogen) atoms. The Labute approximate surface area is 164 Å². The van der Waals surface area contributed by atoms with Gasteiger partial charge in [0, 0.05) is 17.6 Å². The van der Waals surface area contributed by atoms with Crippen molar-refractivity contribution in [3.63, 3.8) is 0 Å². The van der Waals surface area contributed by atoms with Crippen LogP contribution in [0.25, 0.3) is 11.4 Å². The summed E-state index contributed by atoms with van der Waals surface area (Å²) in [5, 5.41) is 4.01. The predicted molar refractivity (Wildman–Crippen MR) is 106 cm³/mol. The van der Waals surface area contributed by atoms with Crippen molar-refractivity contribution < 1.29 is 4.74 Å². The molecule has 7 heteroatoms. The highest BCUT2D eigenvalue weighted by atomic mass is 35.5. The van der Waals surface area contributed by atoms with Gasteiger partial charge in [0.1, 0.15) is 5.75 Å². The summed E-state index contributed by atoms with van der Waals surface area (Å²) in [5.74, 6) is 2.28. The van der Waals surface area contributed by atoms with Crippen LogP contribution in [0.1, 0.15) is 38.5 Å². The van der Waals surface area contributed by atoms with Crippen molar-refractivity contribution in [2.75, 3.05) is 13.7 Å². The lowest BCUT2D eigenvalue weighted by Gasteiger charge is -2.44. The first kappa shape index (κ1) is 18.0. The molecule has 5 nitrogen and oxygen atoms in total. The monoisotopic (exact) mass is 392 g/mol. The fourth-order valence-corrected chi connectivity index (χ4v) is 4.89. The molecule has 0 radical (unpaired) electrons. The van der Waals surface area contributed by atoms with E-state index in [1.54, 1.807) is 7.11 Å². The highest BCUT2D eigenvalue weighted by molar-refractivity contribution is 7.71. The first-order chi connectivity index (χ1) is 12.7. The molecule has 1 aromatic carbocycles. The van der Waals surface area contributed by atoms with E-state index in [1.807, 2.05) is 22.9 Å². The second kappa shape index (κ2) is 7.71. The van der Waals surface area contributed by atoms with Crippen LogP contribution in [-0.4, -0.2) is 39.4 Å². The molecular formula is C19H25ClN4OS. The van der Waals surface area contributed by atoms with E-state index >= 15 is 0 Å². The van der Waals surface area contributed by atoms with Gasteiger partial charge in [0.2, 0.25) is 4.77 Å². The van der Waals surface area contributed by atoms with Crippen molar-refractivity contribution in [1.29, 1.82) is 0 Å². The summed E-state index contributed by atoms with van der Waals surface area (Å²) in [6.45, 7) is 1.91. The number of nitrogens with zero attached hydrogens (tertiary/aromatic N) is 3. The number of methoxy groups -OCH3 is 1. The largest absolute Gasteiger partial charge is 0.496 e. The Bertz CT molecular complexity index is 831. The zero-order valence-corrected chi connectivity index (χ0v) is 16.7. The summed E-state index contributed by atoms with van der Waals surface area (Å²) in [4.78, 5) is 7.14. The van der Waals surface area contributed by atoms with Crippen molar-refractivity contribution in [1.82, 2.24) is 19.7 Å². The fourth-order valence-electron chi connectivity index (χ4n) is 4.52. The summed E-state index contributed by atoms with van der Waals surface area (Å²) in [7, 11) is 1.65. The molecule has 1 saturated heterocycles. The number of H-pyrrole nitrogens is 1. The van der Waals surface area contributed by atoms with Crippen LogP contribution in [0.5, 0.6) is 5.75 Å². The Morgan fingerprint density at radius 2 is 2.08 bits per heavy atom. The second-order valence-electron chi connectivity index (χ2n) is 7.34. The number of fused-ring (bicyclic) bond motifs is 1. The number of benzene rings is 1. The number of aromatic nitrogens is 3. The molecule has 2 fully saturated rings. The number of hydrogen-bond donors (Lipinski definition) is 1. The number of likely N-dealkylation sites (tertiary alicyclic amines) is 1.